The molecule has 26 heteroatoms. The minimum Gasteiger partial charge on any atom is -0.748 e. The van der Waals surface area contributed by atoms with Gasteiger partial charge in [-0.2, -0.15) is 16.8 Å². The lowest BCUT2D eigenvalue weighted by Gasteiger charge is -2.41. The molecule has 0 aromatic carbocycles. The zero-order valence-electron chi connectivity index (χ0n) is 41.3. The molecule has 0 aliphatic heterocycles. The number of hydrogen-bond acceptors (Lipinski definition) is 19. The highest BCUT2D eigenvalue weighted by atomic mass is 32.2. The van der Waals surface area contributed by atoms with Crippen LogP contribution in [0.4, 0.5) is 0 Å². The second-order valence-electron chi connectivity index (χ2n) is 18.8. The molecule has 410 valence electrons. The zero-order valence-corrected chi connectivity index (χ0v) is 44.7. The van der Waals surface area contributed by atoms with Gasteiger partial charge in [-0.3, -0.25) is 9.11 Å². The maximum Gasteiger partial charge on any atom is 0.501 e. The summed E-state index contributed by atoms with van der Waals surface area (Å²) in [7, 11) is -16.0. The average molecular weight is 1070 g/mol. The normalized spacial score (nSPS) is 13.8. The van der Waals surface area contributed by atoms with Crippen molar-refractivity contribution < 1.29 is 87.3 Å². The van der Waals surface area contributed by atoms with Crippen LogP contribution in [0.5, 0.6) is 0 Å². The lowest BCUT2D eigenvalue weighted by molar-refractivity contribution is -0.910. The third kappa shape index (κ3) is 31.8. The molecule has 0 atom stereocenters. The smallest absolute Gasteiger partial charge is 0.501 e. The molecule has 0 amide bonds. The van der Waals surface area contributed by atoms with Gasteiger partial charge in [0.2, 0.25) is 0 Å². The molecule has 22 nitrogen and oxygen atoms in total. The monoisotopic (exact) mass is 1060 g/mol. The number of nitrogens with zero attached hydrogens (tertiary/aromatic N) is 1. The minimum absolute atomic E-state index is 0.0481. The first-order valence-electron chi connectivity index (χ1n) is 24.4. The van der Waals surface area contributed by atoms with E-state index < -0.39 is 152 Å². The Bertz CT molecular complexity index is 1450. The summed E-state index contributed by atoms with van der Waals surface area (Å²) < 4.78 is 120. The fourth-order valence-electron chi connectivity index (χ4n) is 7.60. The zero-order chi connectivity index (χ0) is 51.7. The fourth-order valence-corrected chi connectivity index (χ4v) is 11.4. The van der Waals surface area contributed by atoms with E-state index in [1.165, 1.54) is 51.4 Å². The number of quaternary nitrogens is 1. The topological polar surface area (TPSA) is 351 Å². The number of rotatable bonds is 49. The molecule has 0 saturated heterocycles. The largest absolute Gasteiger partial charge is 0.748 e. The van der Waals surface area contributed by atoms with Crippen molar-refractivity contribution in [3.63, 3.8) is 0 Å². The van der Waals surface area contributed by atoms with E-state index in [-0.39, 0.29) is 6.04 Å². The molecule has 0 fully saturated rings. The van der Waals surface area contributed by atoms with Gasteiger partial charge in [-0.15, -0.1) is 0 Å². The predicted octanol–water partition coefficient (Wildman–Crippen LogP) is 0.353. The van der Waals surface area contributed by atoms with Crippen LogP contribution < -0.4 is 16.0 Å². The second kappa shape index (κ2) is 35.6. The van der Waals surface area contributed by atoms with E-state index in [1.807, 2.05) is 0 Å². The lowest BCUT2D eigenvalue weighted by Crippen LogP contribution is -2.64. The third-order valence-electron chi connectivity index (χ3n) is 12.4. The van der Waals surface area contributed by atoms with Crippen molar-refractivity contribution in [1.82, 2.24) is 16.0 Å². The van der Waals surface area contributed by atoms with Gasteiger partial charge in [0.15, 0.2) is 0 Å². The molecule has 0 aliphatic carbocycles. The summed E-state index contributed by atoms with van der Waals surface area (Å²) in [5, 5.41) is 71.4. The molecule has 0 aliphatic rings. The van der Waals surface area contributed by atoms with Gasteiger partial charge in [0.25, 0.3) is 20.2 Å². The molecule has 0 saturated carbocycles. The first kappa shape index (κ1) is 67.4. The highest BCUT2D eigenvalue weighted by Gasteiger charge is 2.48. The Labute approximate surface area is 409 Å². The van der Waals surface area contributed by atoms with Gasteiger partial charge in [-0.05, 0) is 25.7 Å². The quantitative estimate of drug-likeness (QED) is 0.0169. The minimum atomic E-state index is -4.73. The molecule has 0 aromatic heterocycles. The second-order valence-corrected chi connectivity index (χ2v) is 26.2. The molecule has 0 radical (unpaired) electrons. The highest BCUT2D eigenvalue weighted by molar-refractivity contribution is 7.86. The van der Waals surface area contributed by atoms with Crippen LogP contribution in [-0.4, -0.2) is 222 Å². The predicted molar refractivity (Wildman–Crippen MR) is 261 cm³/mol. The highest BCUT2D eigenvalue weighted by Crippen LogP contribution is 2.26. The maximum atomic E-state index is 11.6. The van der Waals surface area contributed by atoms with E-state index in [0.29, 0.717) is 17.4 Å². The van der Waals surface area contributed by atoms with Crippen LogP contribution in [0.15, 0.2) is 0 Å². The number of unbranched alkanes of at least 4 members (excludes halogenated alkanes) is 14. The summed E-state index contributed by atoms with van der Waals surface area (Å²) in [5.41, 5.74) is -5.40. The van der Waals surface area contributed by atoms with Crippen LogP contribution in [-0.2, 0) is 43.6 Å². The Kier molecular flexibility index (Phi) is 35.3. The van der Waals surface area contributed by atoms with Gasteiger partial charge in [0, 0.05) is 32.1 Å². The number of aliphatic hydroxyl groups is 6. The van der Waals surface area contributed by atoms with E-state index in [0.717, 1.165) is 64.5 Å². The van der Waals surface area contributed by atoms with Crippen LogP contribution >= 0.6 is 0 Å². The summed E-state index contributed by atoms with van der Waals surface area (Å²) >= 11 is 0. The van der Waals surface area contributed by atoms with E-state index in [2.05, 4.69) is 36.8 Å². The van der Waals surface area contributed by atoms with E-state index in [9.17, 15) is 69.6 Å². The first-order chi connectivity index (χ1) is 31.9. The van der Waals surface area contributed by atoms with E-state index >= 15 is 0 Å². The van der Waals surface area contributed by atoms with Crippen LogP contribution in [0, 0.1) is 0 Å². The van der Waals surface area contributed by atoms with Crippen molar-refractivity contribution in [1.29, 1.82) is 0 Å². The summed E-state index contributed by atoms with van der Waals surface area (Å²) in [6.45, 7) is -1.80. The molecule has 68 heavy (non-hydrogen) atoms. The lowest BCUT2D eigenvalue weighted by atomic mass is 10.0. The van der Waals surface area contributed by atoms with E-state index in [4.69, 9.17) is 13.3 Å². The number of aliphatic hydroxyl groups excluding tert-OH is 6. The Balaban J connectivity index is 7.20. The summed E-state index contributed by atoms with van der Waals surface area (Å²) in [6.07, 6.45) is 18.6. The van der Waals surface area contributed by atoms with E-state index in [1.54, 1.807) is 0 Å². The van der Waals surface area contributed by atoms with Gasteiger partial charge in [0.05, 0.1) is 130 Å². The number of hydrogen-bond donors (Lipinski definition) is 11. The molecular formula is C42H92N4O18S3Si. The maximum absolute atomic E-state index is 11.6. The molecule has 0 bridgehead atoms. The molecule has 0 aromatic rings. The fraction of sp³-hybridized carbons (Fsp3) is 1.00. The SMILES string of the molecule is CCCCCCCCCC[N+](C)(CCCCCCCCCC)CCC[Si](OCC(CO)(CO)NCCS(=O)(=O)[O-])(OCC(CO)(CO)NCCS(=O)(=O)O)OCC(CO)(CO)NCCS(=O)(=O)O. The Hall–Kier alpha value is -0.573. The molecule has 0 unspecified atom stereocenters. The van der Waals surface area contributed by atoms with Crippen molar-refractivity contribution in [3.8, 4) is 0 Å². The Morgan fingerprint density at radius 1 is 0.471 bits per heavy atom. The van der Waals surface area contributed by atoms with Crippen LogP contribution in [0.25, 0.3) is 0 Å². The van der Waals surface area contributed by atoms with Crippen molar-refractivity contribution in [2.75, 3.05) is 123 Å². The Morgan fingerprint density at radius 2 is 0.750 bits per heavy atom. The molecule has 11 N–H and O–H groups in total. The average Bonchev–Trinajstić information content (AvgIpc) is 3.28. The molecule has 0 rings (SSSR count). The standard InChI is InChI=1S/C42H92N4O18S3Si/c1-4-6-8-10-12-14-16-18-24-46(3,25-19-17-15-13-11-9-7-5-2)26-20-30-68(62-37-40(31-47,32-48)43-21-27-65(53,54)55,63-38-41(33-49,34-50)44-22-28-66(56,57)58)64-39-42(35-51,36-52)45-23-29-67(59,60)61/h43-45,47-52H,4-39H2,1-3H3,(H2-,53,54,55,56,57,58,59,60,61). The summed E-state index contributed by atoms with van der Waals surface area (Å²) in [5.74, 6) is -2.51. The molecular weight excluding hydrogens is 973 g/mol. The van der Waals surface area contributed by atoms with Crippen LogP contribution in [0.1, 0.15) is 123 Å². The van der Waals surface area contributed by atoms with Gasteiger partial charge in [-0.1, -0.05) is 90.9 Å². The van der Waals surface area contributed by atoms with Gasteiger partial charge in [-0.25, -0.2) is 8.42 Å². The Morgan fingerprint density at radius 3 is 1.03 bits per heavy atom. The summed E-state index contributed by atoms with van der Waals surface area (Å²) in [6, 6.07) is -0.0481. The summed E-state index contributed by atoms with van der Waals surface area (Å²) in [4.78, 5) is 0. The molecule has 0 heterocycles. The number of nitrogens with one attached hydrogen (secondary N) is 3. The van der Waals surface area contributed by atoms with Gasteiger partial charge in [0.1, 0.15) is 0 Å². The van der Waals surface area contributed by atoms with Crippen LogP contribution in [0.2, 0.25) is 6.04 Å². The van der Waals surface area contributed by atoms with Crippen LogP contribution in [0.3, 0.4) is 0 Å². The van der Waals surface area contributed by atoms with Crippen molar-refractivity contribution >= 4 is 39.2 Å². The van der Waals surface area contributed by atoms with Gasteiger partial charge >= 0.3 is 8.80 Å². The van der Waals surface area contributed by atoms with Gasteiger partial charge < -0.3 is 68.9 Å². The van der Waals surface area contributed by atoms with Crippen molar-refractivity contribution in [3.05, 3.63) is 0 Å². The van der Waals surface area contributed by atoms with Crippen molar-refractivity contribution in [2.24, 2.45) is 0 Å². The third-order valence-corrected chi connectivity index (χ3v) is 17.2. The van der Waals surface area contributed by atoms with Crippen molar-refractivity contribution in [2.45, 2.75) is 146 Å². The first-order valence-corrected chi connectivity index (χ1v) is 31.2. The molecule has 0 spiro atoms.